The number of hydrogen-bond donors (Lipinski definition) is 0. The maximum absolute atomic E-state index is 2.60. The third-order valence-corrected chi connectivity index (χ3v) is 4.29. The SMILES string of the molecule is CCCCN(C)C1CCN(Cc2ccccc2)CC1. The van der Waals surface area contributed by atoms with Gasteiger partial charge in [-0.25, -0.2) is 0 Å². The summed E-state index contributed by atoms with van der Waals surface area (Å²) in [6.45, 7) is 7.15. The highest BCUT2D eigenvalue weighted by molar-refractivity contribution is 5.14. The number of hydrogen-bond acceptors (Lipinski definition) is 2. The molecule has 1 aromatic carbocycles. The maximum atomic E-state index is 2.60. The molecule has 0 bridgehead atoms. The van der Waals surface area contributed by atoms with Crippen LogP contribution in [-0.4, -0.2) is 42.5 Å². The average molecular weight is 260 g/mol. The summed E-state index contributed by atoms with van der Waals surface area (Å²) < 4.78 is 0. The van der Waals surface area contributed by atoms with Gasteiger partial charge in [-0.15, -0.1) is 0 Å². The van der Waals surface area contributed by atoms with Gasteiger partial charge in [-0.3, -0.25) is 4.90 Å². The lowest BCUT2D eigenvalue weighted by Gasteiger charge is -2.36. The molecule has 0 aromatic heterocycles. The molecule has 0 spiro atoms. The molecule has 1 heterocycles. The first kappa shape index (κ1) is 14.5. The van der Waals surface area contributed by atoms with Crippen LogP contribution in [0.15, 0.2) is 30.3 Å². The molecule has 0 aliphatic carbocycles. The van der Waals surface area contributed by atoms with E-state index in [0.29, 0.717) is 0 Å². The van der Waals surface area contributed by atoms with Crippen molar-refractivity contribution in [3.63, 3.8) is 0 Å². The van der Waals surface area contributed by atoms with Crippen LogP contribution in [-0.2, 0) is 6.54 Å². The van der Waals surface area contributed by atoms with Crippen LogP contribution >= 0.6 is 0 Å². The Hall–Kier alpha value is -0.860. The van der Waals surface area contributed by atoms with E-state index < -0.39 is 0 Å². The monoisotopic (exact) mass is 260 g/mol. The summed E-state index contributed by atoms with van der Waals surface area (Å²) in [6.07, 6.45) is 5.29. The van der Waals surface area contributed by atoms with E-state index in [1.54, 1.807) is 0 Å². The summed E-state index contributed by atoms with van der Waals surface area (Å²) in [6, 6.07) is 11.7. The molecule has 1 aromatic rings. The first-order valence-corrected chi connectivity index (χ1v) is 7.76. The molecule has 19 heavy (non-hydrogen) atoms. The van der Waals surface area contributed by atoms with E-state index in [0.717, 1.165) is 12.6 Å². The minimum absolute atomic E-state index is 0.804. The van der Waals surface area contributed by atoms with E-state index in [2.05, 4.69) is 54.1 Å². The van der Waals surface area contributed by atoms with Gasteiger partial charge in [0, 0.05) is 12.6 Å². The molecule has 1 aliphatic heterocycles. The topological polar surface area (TPSA) is 6.48 Å². The van der Waals surface area contributed by atoms with E-state index in [9.17, 15) is 0 Å². The Balaban J connectivity index is 1.73. The van der Waals surface area contributed by atoms with Gasteiger partial charge in [0.25, 0.3) is 0 Å². The molecule has 0 unspecified atom stereocenters. The number of nitrogens with zero attached hydrogens (tertiary/aromatic N) is 2. The minimum Gasteiger partial charge on any atom is -0.303 e. The van der Waals surface area contributed by atoms with Gasteiger partial charge in [-0.05, 0) is 51.5 Å². The van der Waals surface area contributed by atoms with Gasteiger partial charge in [0.05, 0.1) is 0 Å². The molecule has 0 radical (unpaired) electrons. The molecule has 0 atom stereocenters. The Labute approximate surface area is 118 Å². The van der Waals surface area contributed by atoms with Crippen molar-refractivity contribution in [2.75, 3.05) is 26.7 Å². The average Bonchev–Trinajstić information content (AvgIpc) is 2.46. The first-order chi connectivity index (χ1) is 9.29. The van der Waals surface area contributed by atoms with E-state index in [-0.39, 0.29) is 0 Å². The van der Waals surface area contributed by atoms with E-state index in [1.807, 2.05) is 0 Å². The second-order valence-electron chi connectivity index (χ2n) is 5.83. The largest absolute Gasteiger partial charge is 0.303 e. The molecule has 2 nitrogen and oxygen atoms in total. The van der Waals surface area contributed by atoms with Crippen molar-refractivity contribution in [1.82, 2.24) is 9.80 Å². The van der Waals surface area contributed by atoms with Crippen LogP contribution in [0, 0.1) is 0 Å². The van der Waals surface area contributed by atoms with Gasteiger partial charge in [0.15, 0.2) is 0 Å². The van der Waals surface area contributed by atoms with Crippen LogP contribution in [0.2, 0.25) is 0 Å². The van der Waals surface area contributed by atoms with Gasteiger partial charge in [-0.1, -0.05) is 43.7 Å². The van der Waals surface area contributed by atoms with Crippen LogP contribution in [0.5, 0.6) is 0 Å². The quantitative estimate of drug-likeness (QED) is 0.773. The van der Waals surface area contributed by atoms with Crippen molar-refractivity contribution in [2.24, 2.45) is 0 Å². The molecule has 2 rings (SSSR count). The summed E-state index contributed by atoms with van der Waals surface area (Å²) in [5.74, 6) is 0. The fraction of sp³-hybridized carbons (Fsp3) is 0.647. The summed E-state index contributed by atoms with van der Waals surface area (Å²) >= 11 is 0. The molecular formula is C17H28N2. The maximum Gasteiger partial charge on any atom is 0.0233 e. The predicted octanol–water partition coefficient (Wildman–Crippen LogP) is 3.38. The molecule has 1 saturated heterocycles. The normalized spacial score (nSPS) is 18.1. The zero-order valence-electron chi connectivity index (χ0n) is 12.5. The second kappa shape index (κ2) is 7.66. The van der Waals surface area contributed by atoms with Gasteiger partial charge < -0.3 is 4.90 Å². The first-order valence-electron chi connectivity index (χ1n) is 7.76. The van der Waals surface area contributed by atoms with Crippen LogP contribution in [0.1, 0.15) is 38.2 Å². The number of benzene rings is 1. The van der Waals surface area contributed by atoms with Crippen LogP contribution < -0.4 is 0 Å². The zero-order valence-corrected chi connectivity index (χ0v) is 12.5. The second-order valence-corrected chi connectivity index (χ2v) is 5.83. The lowest BCUT2D eigenvalue weighted by atomic mass is 10.0. The Morgan fingerprint density at radius 2 is 1.84 bits per heavy atom. The van der Waals surface area contributed by atoms with Gasteiger partial charge >= 0.3 is 0 Å². The lowest BCUT2D eigenvalue weighted by molar-refractivity contribution is 0.122. The summed E-state index contributed by atoms with van der Waals surface area (Å²) in [5, 5.41) is 0. The van der Waals surface area contributed by atoms with Crippen molar-refractivity contribution in [2.45, 2.75) is 45.2 Å². The Morgan fingerprint density at radius 1 is 1.16 bits per heavy atom. The molecule has 0 saturated carbocycles. The minimum atomic E-state index is 0.804. The summed E-state index contributed by atoms with van der Waals surface area (Å²) in [7, 11) is 2.30. The number of piperidine rings is 1. The third-order valence-electron chi connectivity index (χ3n) is 4.29. The number of unbranched alkanes of at least 4 members (excludes halogenated alkanes) is 1. The van der Waals surface area contributed by atoms with Crippen molar-refractivity contribution in [3.05, 3.63) is 35.9 Å². The Kier molecular flexibility index (Phi) is 5.87. The number of likely N-dealkylation sites (tertiary alicyclic amines) is 1. The Morgan fingerprint density at radius 3 is 2.47 bits per heavy atom. The van der Waals surface area contributed by atoms with Crippen molar-refractivity contribution >= 4 is 0 Å². The van der Waals surface area contributed by atoms with E-state index in [4.69, 9.17) is 0 Å². The van der Waals surface area contributed by atoms with E-state index >= 15 is 0 Å². The molecule has 106 valence electrons. The summed E-state index contributed by atoms with van der Waals surface area (Å²) in [5.41, 5.74) is 1.44. The van der Waals surface area contributed by atoms with Crippen molar-refractivity contribution < 1.29 is 0 Å². The lowest BCUT2D eigenvalue weighted by Crippen LogP contribution is -2.43. The van der Waals surface area contributed by atoms with Gasteiger partial charge in [0.2, 0.25) is 0 Å². The van der Waals surface area contributed by atoms with Gasteiger partial charge in [0.1, 0.15) is 0 Å². The van der Waals surface area contributed by atoms with Crippen LogP contribution in [0.3, 0.4) is 0 Å². The van der Waals surface area contributed by atoms with Crippen molar-refractivity contribution in [3.8, 4) is 0 Å². The molecule has 0 N–H and O–H groups in total. The highest BCUT2D eigenvalue weighted by Gasteiger charge is 2.21. The standard InChI is InChI=1S/C17H28N2/c1-3-4-12-18(2)17-10-13-19(14-11-17)15-16-8-6-5-7-9-16/h5-9,17H,3-4,10-15H2,1-2H3. The zero-order chi connectivity index (χ0) is 13.5. The highest BCUT2D eigenvalue weighted by atomic mass is 15.2. The fourth-order valence-corrected chi connectivity index (χ4v) is 2.95. The molecule has 1 aliphatic rings. The Bertz CT molecular complexity index is 342. The third kappa shape index (κ3) is 4.63. The molecule has 2 heteroatoms. The summed E-state index contributed by atoms with van der Waals surface area (Å²) in [4.78, 5) is 5.17. The fourth-order valence-electron chi connectivity index (χ4n) is 2.95. The van der Waals surface area contributed by atoms with E-state index in [1.165, 1.54) is 50.9 Å². The van der Waals surface area contributed by atoms with Gasteiger partial charge in [-0.2, -0.15) is 0 Å². The van der Waals surface area contributed by atoms with Crippen molar-refractivity contribution in [1.29, 1.82) is 0 Å². The molecular weight excluding hydrogens is 232 g/mol. The van der Waals surface area contributed by atoms with Crippen LogP contribution in [0.4, 0.5) is 0 Å². The smallest absolute Gasteiger partial charge is 0.0233 e. The molecule has 0 amide bonds. The number of rotatable bonds is 6. The molecule has 1 fully saturated rings. The van der Waals surface area contributed by atoms with Crippen LogP contribution in [0.25, 0.3) is 0 Å². The predicted molar refractivity (Wildman–Crippen MR) is 82.3 cm³/mol. The highest BCUT2D eigenvalue weighted by Crippen LogP contribution is 2.17.